The number of hydrogen-bond donors (Lipinski definition) is 1. The fourth-order valence-electron chi connectivity index (χ4n) is 1.47. The Morgan fingerprint density at radius 1 is 1.47 bits per heavy atom. The average molecular weight is 251 g/mol. The first-order chi connectivity index (χ1) is 8.19. The van der Waals surface area contributed by atoms with E-state index in [0.29, 0.717) is 5.69 Å². The summed E-state index contributed by atoms with van der Waals surface area (Å²) in [5.41, 5.74) is 7.36. The van der Waals surface area contributed by atoms with E-state index in [4.69, 9.17) is 5.73 Å². The highest BCUT2D eigenvalue weighted by molar-refractivity contribution is 7.98. The molecule has 0 unspecified atom stereocenters. The number of anilines is 1. The standard InChI is InChI=1S/C12H14FN3S/c1-2-16-7-9(6-15-16)8-17-12-4-3-10(13)5-11(12)14/h3-7H,2,8,14H2,1H3. The van der Waals surface area contributed by atoms with Crippen LogP contribution in [0.1, 0.15) is 12.5 Å². The van der Waals surface area contributed by atoms with Gasteiger partial charge in [-0.1, -0.05) is 0 Å². The lowest BCUT2D eigenvalue weighted by atomic mass is 10.3. The maximum atomic E-state index is 12.9. The molecule has 2 rings (SSSR count). The number of nitrogens with zero attached hydrogens (tertiary/aromatic N) is 2. The predicted octanol–water partition coefficient (Wildman–Crippen LogP) is 2.92. The van der Waals surface area contributed by atoms with Crippen molar-refractivity contribution in [3.8, 4) is 0 Å². The van der Waals surface area contributed by atoms with Crippen molar-refractivity contribution in [3.05, 3.63) is 42.0 Å². The molecule has 1 heterocycles. The molecule has 0 saturated carbocycles. The lowest BCUT2D eigenvalue weighted by Crippen LogP contribution is -1.92. The Morgan fingerprint density at radius 3 is 2.94 bits per heavy atom. The molecule has 2 N–H and O–H groups in total. The number of aromatic nitrogens is 2. The van der Waals surface area contributed by atoms with Crippen molar-refractivity contribution in [2.75, 3.05) is 5.73 Å². The minimum absolute atomic E-state index is 0.300. The van der Waals surface area contributed by atoms with Crippen LogP contribution in [0.4, 0.5) is 10.1 Å². The summed E-state index contributed by atoms with van der Waals surface area (Å²) in [7, 11) is 0. The zero-order chi connectivity index (χ0) is 12.3. The molecule has 5 heteroatoms. The second-order valence-electron chi connectivity index (χ2n) is 3.68. The maximum Gasteiger partial charge on any atom is 0.125 e. The molecule has 1 aromatic heterocycles. The SMILES string of the molecule is CCn1cc(CSc2ccc(F)cc2N)cn1. The lowest BCUT2D eigenvalue weighted by molar-refractivity contribution is 0.627. The highest BCUT2D eigenvalue weighted by atomic mass is 32.2. The summed E-state index contributed by atoms with van der Waals surface area (Å²) in [6.07, 6.45) is 3.85. The van der Waals surface area contributed by atoms with Gasteiger partial charge in [-0.25, -0.2) is 4.39 Å². The van der Waals surface area contributed by atoms with Gasteiger partial charge in [0.2, 0.25) is 0 Å². The smallest absolute Gasteiger partial charge is 0.125 e. The van der Waals surface area contributed by atoms with Crippen LogP contribution in [-0.2, 0) is 12.3 Å². The summed E-state index contributed by atoms with van der Waals surface area (Å²) < 4.78 is 14.7. The second-order valence-corrected chi connectivity index (χ2v) is 4.69. The zero-order valence-corrected chi connectivity index (χ0v) is 10.4. The summed E-state index contributed by atoms with van der Waals surface area (Å²) in [6.45, 7) is 2.91. The van der Waals surface area contributed by atoms with E-state index in [1.807, 2.05) is 24.0 Å². The molecule has 0 aliphatic rings. The third-order valence-electron chi connectivity index (χ3n) is 2.38. The van der Waals surface area contributed by atoms with E-state index in [1.165, 1.54) is 12.1 Å². The molecule has 0 radical (unpaired) electrons. The van der Waals surface area contributed by atoms with Gasteiger partial charge < -0.3 is 5.73 Å². The number of halogens is 1. The van der Waals surface area contributed by atoms with Crippen LogP contribution in [0.15, 0.2) is 35.5 Å². The molecule has 1 aromatic carbocycles. The Hall–Kier alpha value is -1.49. The Balaban J connectivity index is 2.02. The minimum Gasteiger partial charge on any atom is -0.398 e. The highest BCUT2D eigenvalue weighted by Gasteiger charge is 2.03. The normalized spacial score (nSPS) is 10.7. The first-order valence-electron chi connectivity index (χ1n) is 5.38. The number of thioether (sulfide) groups is 1. The number of hydrogen-bond acceptors (Lipinski definition) is 3. The van der Waals surface area contributed by atoms with Crippen LogP contribution in [-0.4, -0.2) is 9.78 Å². The third-order valence-corrected chi connectivity index (χ3v) is 3.54. The van der Waals surface area contributed by atoms with E-state index in [9.17, 15) is 4.39 Å². The van der Waals surface area contributed by atoms with Crippen LogP contribution in [0.5, 0.6) is 0 Å². The van der Waals surface area contributed by atoms with Crippen molar-refractivity contribution in [2.24, 2.45) is 0 Å². The summed E-state index contributed by atoms with van der Waals surface area (Å²) in [4.78, 5) is 0.899. The molecular weight excluding hydrogens is 237 g/mol. The molecule has 0 atom stereocenters. The molecule has 0 bridgehead atoms. The van der Waals surface area contributed by atoms with Gasteiger partial charge in [-0.05, 0) is 25.1 Å². The van der Waals surface area contributed by atoms with Crippen LogP contribution in [0, 0.1) is 5.82 Å². The summed E-state index contributed by atoms with van der Waals surface area (Å²) in [5.74, 6) is 0.487. The average Bonchev–Trinajstić information content (AvgIpc) is 2.76. The Kier molecular flexibility index (Phi) is 3.68. The van der Waals surface area contributed by atoms with Gasteiger partial charge in [-0.15, -0.1) is 11.8 Å². The summed E-state index contributed by atoms with van der Waals surface area (Å²) >= 11 is 1.59. The number of nitrogen functional groups attached to an aromatic ring is 1. The van der Waals surface area contributed by atoms with Crippen molar-refractivity contribution in [1.82, 2.24) is 9.78 Å². The van der Waals surface area contributed by atoms with Crippen molar-refractivity contribution >= 4 is 17.4 Å². The molecule has 2 aromatic rings. The van der Waals surface area contributed by atoms with Crippen LogP contribution in [0.2, 0.25) is 0 Å². The lowest BCUT2D eigenvalue weighted by Gasteiger charge is -2.03. The number of benzene rings is 1. The summed E-state index contributed by atoms with van der Waals surface area (Å²) in [5, 5.41) is 4.20. The first-order valence-corrected chi connectivity index (χ1v) is 6.36. The largest absolute Gasteiger partial charge is 0.398 e. The number of aryl methyl sites for hydroxylation is 1. The molecule has 3 nitrogen and oxygen atoms in total. The monoisotopic (exact) mass is 251 g/mol. The van der Waals surface area contributed by atoms with Gasteiger partial charge in [0.1, 0.15) is 5.82 Å². The van der Waals surface area contributed by atoms with Gasteiger partial charge in [-0.2, -0.15) is 5.10 Å². The van der Waals surface area contributed by atoms with E-state index < -0.39 is 0 Å². The Labute approximate surface area is 104 Å². The predicted molar refractivity (Wildman–Crippen MR) is 68.3 cm³/mol. The van der Waals surface area contributed by atoms with Gasteiger partial charge in [-0.3, -0.25) is 4.68 Å². The van der Waals surface area contributed by atoms with Gasteiger partial charge in [0.25, 0.3) is 0 Å². The number of rotatable bonds is 4. The molecule has 17 heavy (non-hydrogen) atoms. The van der Waals surface area contributed by atoms with Crippen molar-refractivity contribution in [1.29, 1.82) is 0 Å². The molecule has 0 aliphatic heterocycles. The molecule has 0 fully saturated rings. The van der Waals surface area contributed by atoms with Crippen molar-refractivity contribution in [3.63, 3.8) is 0 Å². The molecular formula is C12H14FN3S. The minimum atomic E-state index is -0.300. The fourth-order valence-corrected chi connectivity index (χ4v) is 2.33. The van der Waals surface area contributed by atoms with E-state index in [1.54, 1.807) is 17.8 Å². The van der Waals surface area contributed by atoms with E-state index in [2.05, 4.69) is 5.10 Å². The Morgan fingerprint density at radius 2 is 2.29 bits per heavy atom. The van der Waals surface area contributed by atoms with Crippen LogP contribution >= 0.6 is 11.8 Å². The quantitative estimate of drug-likeness (QED) is 0.671. The van der Waals surface area contributed by atoms with Gasteiger partial charge >= 0.3 is 0 Å². The van der Waals surface area contributed by atoms with Crippen LogP contribution in [0.3, 0.4) is 0 Å². The summed E-state index contributed by atoms with van der Waals surface area (Å²) in [6, 6.07) is 4.48. The first kappa shape index (κ1) is 12.0. The van der Waals surface area contributed by atoms with Crippen LogP contribution in [0.25, 0.3) is 0 Å². The fraction of sp³-hybridized carbons (Fsp3) is 0.250. The second kappa shape index (κ2) is 5.23. The molecule has 90 valence electrons. The third kappa shape index (κ3) is 3.00. The van der Waals surface area contributed by atoms with Gasteiger partial charge in [0.05, 0.1) is 6.20 Å². The maximum absolute atomic E-state index is 12.9. The molecule has 0 spiro atoms. The van der Waals surface area contributed by atoms with E-state index in [-0.39, 0.29) is 5.82 Å². The highest BCUT2D eigenvalue weighted by Crippen LogP contribution is 2.28. The molecule has 0 saturated heterocycles. The van der Waals surface area contributed by atoms with Gasteiger partial charge in [0, 0.05) is 34.6 Å². The van der Waals surface area contributed by atoms with E-state index in [0.717, 1.165) is 22.8 Å². The van der Waals surface area contributed by atoms with Crippen molar-refractivity contribution in [2.45, 2.75) is 24.1 Å². The molecule has 0 amide bonds. The van der Waals surface area contributed by atoms with E-state index >= 15 is 0 Å². The van der Waals surface area contributed by atoms with Gasteiger partial charge in [0.15, 0.2) is 0 Å². The topological polar surface area (TPSA) is 43.8 Å². The van der Waals surface area contributed by atoms with Crippen LogP contribution < -0.4 is 5.73 Å². The van der Waals surface area contributed by atoms with Crippen molar-refractivity contribution < 1.29 is 4.39 Å². The molecule has 0 aliphatic carbocycles. The zero-order valence-electron chi connectivity index (χ0n) is 9.56. The number of nitrogens with two attached hydrogens (primary N) is 1. The Bertz CT molecular complexity index is 510.